The van der Waals surface area contributed by atoms with Gasteiger partial charge in [-0.3, -0.25) is 0 Å². The first-order valence-corrected chi connectivity index (χ1v) is 8.85. The summed E-state index contributed by atoms with van der Waals surface area (Å²) in [6, 6.07) is 1.19. The van der Waals surface area contributed by atoms with Gasteiger partial charge in [-0.1, -0.05) is 0 Å². The predicted molar refractivity (Wildman–Crippen MR) is 80.5 cm³/mol. The molecule has 0 bridgehead atoms. The number of hydrogen-bond acceptors (Lipinski definition) is 7. The average molecular weight is 387 g/mol. The third-order valence-electron chi connectivity index (χ3n) is 5.38. The fourth-order valence-electron chi connectivity index (χ4n) is 3.65. The number of rotatable bonds is 4. The lowest BCUT2D eigenvalue weighted by Crippen LogP contribution is -2.39. The number of aromatic nitrogens is 2. The smallest absolute Gasteiger partial charge is 0.451 e. The van der Waals surface area contributed by atoms with Crippen molar-refractivity contribution >= 4 is 5.97 Å². The lowest BCUT2D eigenvalue weighted by atomic mass is 9.92. The molecule has 3 aliphatic rings. The van der Waals surface area contributed by atoms with Crippen LogP contribution in [0.25, 0.3) is 0 Å². The van der Waals surface area contributed by atoms with Gasteiger partial charge >= 0.3 is 6.18 Å². The number of alkyl halides is 3. The Bertz CT molecular complexity index is 735. The SMILES string of the molecule is O=C([O-])C1(c2cc(OC3CCC4(CC3)OCCO4)nc(C(F)(F)F)n2)CC1. The van der Waals surface area contributed by atoms with E-state index in [-0.39, 0.29) is 30.5 Å². The number of aliphatic carboxylic acids is 1. The Morgan fingerprint density at radius 1 is 1.15 bits per heavy atom. The second-order valence-corrected chi connectivity index (χ2v) is 7.21. The molecule has 1 aliphatic heterocycles. The molecule has 1 spiro atoms. The van der Waals surface area contributed by atoms with Crippen LogP contribution in [0, 0.1) is 0 Å². The van der Waals surface area contributed by atoms with Crippen molar-refractivity contribution < 1.29 is 37.3 Å². The quantitative estimate of drug-likeness (QED) is 0.770. The van der Waals surface area contributed by atoms with Gasteiger partial charge in [0.05, 0.1) is 30.3 Å². The zero-order chi connectivity index (χ0) is 19.3. The molecule has 2 saturated carbocycles. The molecular formula is C17H18F3N2O5-. The van der Waals surface area contributed by atoms with Gasteiger partial charge in [0.2, 0.25) is 11.7 Å². The molecule has 0 amide bonds. The maximum absolute atomic E-state index is 13.2. The van der Waals surface area contributed by atoms with Gasteiger partial charge in [-0.15, -0.1) is 0 Å². The highest BCUT2D eigenvalue weighted by atomic mass is 19.4. The molecule has 2 heterocycles. The molecule has 0 unspecified atom stereocenters. The van der Waals surface area contributed by atoms with E-state index in [9.17, 15) is 23.1 Å². The maximum atomic E-state index is 13.2. The predicted octanol–water partition coefficient (Wildman–Crippen LogP) is 1.34. The summed E-state index contributed by atoms with van der Waals surface area (Å²) < 4.78 is 56.4. The number of hydrogen-bond donors (Lipinski definition) is 0. The van der Waals surface area contributed by atoms with Gasteiger partial charge in [0.1, 0.15) is 6.10 Å². The molecule has 0 aromatic carbocycles. The number of halogens is 3. The first kappa shape index (κ1) is 18.4. The highest BCUT2D eigenvalue weighted by Crippen LogP contribution is 2.48. The first-order chi connectivity index (χ1) is 12.7. The molecule has 148 valence electrons. The summed E-state index contributed by atoms with van der Waals surface area (Å²) >= 11 is 0. The van der Waals surface area contributed by atoms with Gasteiger partial charge < -0.3 is 24.1 Å². The molecule has 7 nitrogen and oxygen atoms in total. The van der Waals surface area contributed by atoms with E-state index in [1.807, 2.05) is 0 Å². The number of carboxylic acids is 1. The van der Waals surface area contributed by atoms with Gasteiger partial charge in [-0.05, 0) is 25.7 Å². The Kier molecular flexibility index (Phi) is 4.30. The molecule has 0 radical (unpaired) electrons. The van der Waals surface area contributed by atoms with E-state index in [1.165, 1.54) is 6.07 Å². The van der Waals surface area contributed by atoms with Gasteiger partial charge in [0.15, 0.2) is 5.79 Å². The first-order valence-electron chi connectivity index (χ1n) is 8.85. The minimum absolute atomic E-state index is 0.184. The molecule has 0 atom stereocenters. The van der Waals surface area contributed by atoms with Crippen molar-refractivity contribution in [1.29, 1.82) is 0 Å². The van der Waals surface area contributed by atoms with E-state index in [2.05, 4.69) is 9.97 Å². The Hall–Kier alpha value is -1.94. The minimum atomic E-state index is -4.81. The average Bonchev–Trinajstić information content (AvgIpc) is 3.32. The minimum Gasteiger partial charge on any atom is -0.549 e. The monoisotopic (exact) mass is 387 g/mol. The van der Waals surface area contributed by atoms with E-state index in [4.69, 9.17) is 14.2 Å². The summed E-state index contributed by atoms with van der Waals surface area (Å²) in [5, 5.41) is 11.4. The summed E-state index contributed by atoms with van der Waals surface area (Å²) in [5.41, 5.74) is -1.70. The van der Waals surface area contributed by atoms with Crippen LogP contribution in [0.3, 0.4) is 0 Å². The maximum Gasteiger partial charge on any atom is 0.451 e. The Balaban J connectivity index is 1.54. The molecular weight excluding hydrogens is 369 g/mol. The topological polar surface area (TPSA) is 93.6 Å². The number of ether oxygens (including phenoxy) is 3. The summed E-state index contributed by atoms with van der Waals surface area (Å²) in [7, 11) is 0. The van der Waals surface area contributed by atoms with E-state index in [1.54, 1.807) is 0 Å². The number of carboxylic acid groups (broad SMARTS) is 1. The Morgan fingerprint density at radius 2 is 1.78 bits per heavy atom. The highest BCUT2D eigenvalue weighted by Gasteiger charge is 2.49. The summed E-state index contributed by atoms with van der Waals surface area (Å²) in [4.78, 5) is 18.3. The summed E-state index contributed by atoms with van der Waals surface area (Å²) in [6.45, 7) is 1.06. The lowest BCUT2D eigenvalue weighted by Gasteiger charge is -2.35. The van der Waals surface area contributed by atoms with Crippen molar-refractivity contribution in [2.24, 2.45) is 0 Å². The fraction of sp³-hybridized carbons (Fsp3) is 0.706. The third-order valence-corrected chi connectivity index (χ3v) is 5.38. The summed E-state index contributed by atoms with van der Waals surface area (Å²) in [6.07, 6.45) is -2.58. The zero-order valence-electron chi connectivity index (χ0n) is 14.4. The van der Waals surface area contributed by atoms with Gasteiger partial charge in [0, 0.05) is 18.9 Å². The van der Waals surface area contributed by atoms with Crippen molar-refractivity contribution in [2.45, 2.75) is 62.0 Å². The second-order valence-electron chi connectivity index (χ2n) is 7.21. The van der Waals surface area contributed by atoms with Gasteiger partial charge in [0.25, 0.3) is 0 Å². The molecule has 4 rings (SSSR count). The van der Waals surface area contributed by atoms with Crippen LogP contribution in [0.1, 0.15) is 50.0 Å². The molecule has 1 saturated heterocycles. The molecule has 1 aromatic heterocycles. The van der Waals surface area contributed by atoms with Crippen molar-refractivity contribution in [3.63, 3.8) is 0 Å². The second kappa shape index (κ2) is 6.30. The zero-order valence-corrected chi connectivity index (χ0v) is 14.4. The van der Waals surface area contributed by atoms with Crippen molar-refractivity contribution in [2.75, 3.05) is 13.2 Å². The van der Waals surface area contributed by atoms with Crippen LogP contribution in [0.15, 0.2) is 6.07 Å². The largest absolute Gasteiger partial charge is 0.549 e. The third kappa shape index (κ3) is 3.47. The molecule has 0 N–H and O–H groups in total. The van der Waals surface area contributed by atoms with Crippen LogP contribution in [-0.4, -0.2) is 41.0 Å². The number of nitrogens with zero attached hydrogens (tertiary/aromatic N) is 2. The lowest BCUT2D eigenvalue weighted by molar-refractivity contribution is -0.309. The van der Waals surface area contributed by atoms with Crippen LogP contribution in [0.5, 0.6) is 5.88 Å². The van der Waals surface area contributed by atoms with E-state index < -0.39 is 29.2 Å². The van der Waals surface area contributed by atoms with Crippen LogP contribution in [-0.2, 0) is 25.9 Å². The van der Waals surface area contributed by atoms with Crippen molar-refractivity contribution in [1.82, 2.24) is 9.97 Å². The van der Waals surface area contributed by atoms with Crippen molar-refractivity contribution in [3.05, 3.63) is 17.6 Å². The molecule has 2 aliphatic carbocycles. The van der Waals surface area contributed by atoms with Gasteiger partial charge in [-0.2, -0.15) is 18.2 Å². The standard InChI is InChI=1S/C17H19F3N2O5/c18-17(19,20)13-21-11(15(5-6-15)14(23)24)9-12(22-13)27-10-1-3-16(4-2-10)25-7-8-26-16/h9-10H,1-8H2,(H,23,24)/p-1. The Labute approximate surface area is 152 Å². The molecule has 3 fully saturated rings. The summed E-state index contributed by atoms with van der Waals surface area (Å²) in [5.74, 6) is -3.72. The molecule has 27 heavy (non-hydrogen) atoms. The van der Waals surface area contributed by atoms with E-state index in [0.717, 1.165) is 0 Å². The number of carbonyl (C=O) groups is 1. The number of carbonyl (C=O) groups excluding carboxylic acids is 1. The molecule has 1 aromatic rings. The molecule has 10 heteroatoms. The van der Waals surface area contributed by atoms with Crippen LogP contribution < -0.4 is 9.84 Å². The van der Waals surface area contributed by atoms with Crippen molar-refractivity contribution in [3.8, 4) is 5.88 Å². The van der Waals surface area contributed by atoms with E-state index in [0.29, 0.717) is 38.9 Å². The van der Waals surface area contributed by atoms with Gasteiger partial charge in [-0.25, -0.2) is 4.98 Å². The fourth-order valence-corrected chi connectivity index (χ4v) is 3.65. The van der Waals surface area contributed by atoms with Crippen LogP contribution >= 0.6 is 0 Å². The highest BCUT2D eigenvalue weighted by molar-refractivity contribution is 5.82. The Morgan fingerprint density at radius 3 is 2.30 bits per heavy atom. The van der Waals surface area contributed by atoms with E-state index >= 15 is 0 Å². The van der Waals surface area contributed by atoms with Crippen LogP contribution in [0.2, 0.25) is 0 Å². The van der Waals surface area contributed by atoms with Crippen LogP contribution in [0.4, 0.5) is 13.2 Å². The normalized spacial score (nSPS) is 24.1.